The maximum absolute atomic E-state index is 12.0. The molecule has 1 atom stereocenters. The molecular weight excluding hydrogens is 262 g/mol. The minimum atomic E-state index is -0.107. The van der Waals surface area contributed by atoms with Crippen LogP contribution in [0.4, 0.5) is 0 Å². The van der Waals surface area contributed by atoms with E-state index in [2.05, 4.69) is 20.9 Å². The third-order valence-corrected chi connectivity index (χ3v) is 5.04. The first-order valence-electron chi connectivity index (χ1n) is 6.85. The molecule has 7 heteroatoms. The van der Waals surface area contributed by atoms with Crippen molar-refractivity contribution < 1.29 is 4.79 Å². The Labute approximate surface area is 116 Å². The van der Waals surface area contributed by atoms with Gasteiger partial charge in [-0.05, 0) is 18.6 Å². The van der Waals surface area contributed by atoms with Crippen LogP contribution in [0.25, 0.3) is 0 Å². The molecule has 0 radical (unpaired) electrons. The lowest BCUT2D eigenvalue weighted by Crippen LogP contribution is -2.43. The van der Waals surface area contributed by atoms with E-state index in [4.69, 9.17) is 0 Å². The molecule has 2 fully saturated rings. The molecule has 1 aromatic heterocycles. The molecule has 2 aliphatic heterocycles. The van der Waals surface area contributed by atoms with Gasteiger partial charge < -0.3 is 10.6 Å². The van der Waals surface area contributed by atoms with Crippen LogP contribution >= 0.6 is 11.8 Å². The summed E-state index contributed by atoms with van der Waals surface area (Å²) in [6, 6.07) is 0.350. The standard InChI is InChI=1S/C12H19N5OS/c18-12(14-7-10-3-1-2-4-19-10)11-8-17(16-15-11)9-5-13-6-9/h8-10,13H,1-7H2,(H,14,18). The van der Waals surface area contributed by atoms with Gasteiger partial charge in [-0.15, -0.1) is 5.10 Å². The molecule has 0 aromatic carbocycles. The number of hydrogen-bond donors (Lipinski definition) is 2. The Morgan fingerprint density at radius 1 is 1.53 bits per heavy atom. The first-order valence-corrected chi connectivity index (χ1v) is 7.90. The third kappa shape index (κ3) is 3.09. The summed E-state index contributed by atoms with van der Waals surface area (Å²) in [5.41, 5.74) is 0.424. The average Bonchev–Trinajstić information content (AvgIpc) is 2.84. The summed E-state index contributed by atoms with van der Waals surface area (Å²) in [4.78, 5) is 12.0. The molecule has 1 aromatic rings. The van der Waals surface area contributed by atoms with Crippen molar-refractivity contribution in [2.24, 2.45) is 0 Å². The molecular formula is C12H19N5OS. The van der Waals surface area contributed by atoms with Gasteiger partial charge in [0.25, 0.3) is 5.91 Å². The largest absolute Gasteiger partial charge is 0.349 e. The van der Waals surface area contributed by atoms with E-state index in [1.165, 1.54) is 25.0 Å². The Kier molecular flexibility index (Phi) is 4.03. The number of nitrogens with zero attached hydrogens (tertiary/aromatic N) is 3. The zero-order valence-electron chi connectivity index (χ0n) is 10.8. The van der Waals surface area contributed by atoms with Gasteiger partial charge in [0.2, 0.25) is 0 Å². The number of amides is 1. The number of rotatable bonds is 4. The van der Waals surface area contributed by atoms with E-state index < -0.39 is 0 Å². The van der Waals surface area contributed by atoms with Crippen molar-refractivity contribution in [2.45, 2.75) is 30.6 Å². The van der Waals surface area contributed by atoms with Gasteiger partial charge in [-0.1, -0.05) is 11.6 Å². The molecule has 0 spiro atoms. The Morgan fingerprint density at radius 3 is 3.11 bits per heavy atom. The van der Waals surface area contributed by atoms with Crippen LogP contribution in [-0.4, -0.2) is 51.5 Å². The number of thioether (sulfide) groups is 1. The second-order valence-corrected chi connectivity index (χ2v) is 6.50. The van der Waals surface area contributed by atoms with E-state index in [0.717, 1.165) is 19.6 Å². The molecule has 2 N–H and O–H groups in total. The highest BCUT2D eigenvalue weighted by molar-refractivity contribution is 7.99. The zero-order chi connectivity index (χ0) is 13.1. The summed E-state index contributed by atoms with van der Waals surface area (Å²) in [7, 11) is 0. The van der Waals surface area contributed by atoms with Gasteiger partial charge in [-0.3, -0.25) is 4.79 Å². The van der Waals surface area contributed by atoms with Crippen molar-refractivity contribution in [1.29, 1.82) is 0 Å². The molecule has 0 saturated carbocycles. The van der Waals surface area contributed by atoms with E-state index in [1.807, 2.05) is 11.8 Å². The number of carbonyl (C=O) groups excluding carboxylic acids is 1. The Morgan fingerprint density at radius 2 is 2.42 bits per heavy atom. The molecule has 3 rings (SSSR count). The summed E-state index contributed by atoms with van der Waals surface area (Å²) in [6.07, 6.45) is 5.53. The topological polar surface area (TPSA) is 71.8 Å². The molecule has 6 nitrogen and oxygen atoms in total. The number of nitrogens with one attached hydrogen (secondary N) is 2. The van der Waals surface area contributed by atoms with Crippen molar-refractivity contribution in [3.63, 3.8) is 0 Å². The van der Waals surface area contributed by atoms with Crippen molar-refractivity contribution in [2.75, 3.05) is 25.4 Å². The van der Waals surface area contributed by atoms with Crippen LogP contribution in [0.1, 0.15) is 35.8 Å². The van der Waals surface area contributed by atoms with E-state index >= 15 is 0 Å². The molecule has 19 heavy (non-hydrogen) atoms. The van der Waals surface area contributed by atoms with Crippen molar-refractivity contribution >= 4 is 17.7 Å². The monoisotopic (exact) mass is 281 g/mol. The summed E-state index contributed by atoms with van der Waals surface area (Å²) >= 11 is 1.96. The van der Waals surface area contributed by atoms with E-state index in [-0.39, 0.29) is 5.91 Å². The van der Waals surface area contributed by atoms with Gasteiger partial charge in [0.1, 0.15) is 0 Å². The van der Waals surface area contributed by atoms with E-state index in [0.29, 0.717) is 17.0 Å². The first-order chi connectivity index (χ1) is 9.33. The van der Waals surface area contributed by atoms with E-state index in [1.54, 1.807) is 10.9 Å². The van der Waals surface area contributed by atoms with Gasteiger partial charge in [0.15, 0.2) is 5.69 Å². The lowest BCUT2D eigenvalue weighted by Gasteiger charge is -2.26. The third-order valence-electron chi connectivity index (χ3n) is 3.64. The Bertz CT molecular complexity index is 439. The molecule has 2 saturated heterocycles. The molecule has 0 aliphatic carbocycles. The fraction of sp³-hybridized carbons (Fsp3) is 0.750. The van der Waals surface area contributed by atoms with Crippen LogP contribution in [0, 0.1) is 0 Å². The van der Waals surface area contributed by atoms with Crippen LogP contribution in [0.3, 0.4) is 0 Å². The molecule has 1 amide bonds. The maximum Gasteiger partial charge on any atom is 0.273 e. The predicted octanol–water partition coefficient (Wildman–Crippen LogP) is 0.438. The van der Waals surface area contributed by atoms with Crippen LogP contribution in [0.15, 0.2) is 6.20 Å². The van der Waals surface area contributed by atoms with Crippen LogP contribution in [0.5, 0.6) is 0 Å². The van der Waals surface area contributed by atoms with Crippen molar-refractivity contribution in [1.82, 2.24) is 25.6 Å². The van der Waals surface area contributed by atoms with Crippen LogP contribution in [-0.2, 0) is 0 Å². The summed E-state index contributed by atoms with van der Waals surface area (Å²) in [5, 5.41) is 14.7. The van der Waals surface area contributed by atoms with Crippen molar-refractivity contribution in [3.05, 3.63) is 11.9 Å². The van der Waals surface area contributed by atoms with Gasteiger partial charge >= 0.3 is 0 Å². The maximum atomic E-state index is 12.0. The van der Waals surface area contributed by atoms with Gasteiger partial charge in [0.05, 0.1) is 12.2 Å². The van der Waals surface area contributed by atoms with Gasteiger partial charge in [-0.2, -0.15) is 11.8 Å². The quantitative estimate of drug-likeness (QED) is 0.838. The Balaban J connectivity index is 1.50. The fourth-order valence-corrected chi connectivity index (χ4v) is 3.52. The highest BCUT2D eigenvalue weighted by Gasteiger charge is 2.22. The minimum absolute atomic E-state index is 0.107. The average molecular weight is 281 g/mol. The molecule has 104 valence electrons. The van der Waals surface area contributed by atoms with Gasteiger partial charge in [-0.25, -0.2) is 4.68 Å². The molecule has 0 bridgehead atoms. The Hall–Kier alpha value is -1.08. The van der Waals surface area contributed by atoms with Crippen LogP contribution < -0.4 is 10.6 Å². The summed E-state index contributed by atoms with van der Waals surface area (Å²) in [6.45, 7) is 2.55. The lowest BCUT2D eigenvalue weighted by atomic mass is 10.2. The molecule has 2 aliphatic rings. The highest BCUT2D eigenvalue weighted by atomic mass is 32.2. The number of hydrogen-bond acceptors (Lipinski definition) is 5. The van der Waals surface area contributed by atoms with Gasteiger partial charge in [0, 0.05) is 24.9 Å². The minimum Gasteiger partial charge on any atom is -0.349 e. The molecule has 1 unspecified atom stereocenters. The lowest BCUT2D eigenvalue weighted by molar-refractivity contribution is 0.0948. The van der Waals surface area contributed by atoms with Crippen LogP contribution in [0.2, 0.25) is 0 Å². The second-order valence-electron chi connectivity index (χ2n) is 5.09. The smallest absolute Gasteiger partial charge is 0.273 e. The second kappa shape index (κ2) is 5.92. The SMILES string of the molecule is O=C(NCC1CCCCS1)c1cn(C2CNC2)nn1. The number of carbonyl (C=O) groups is 1. The molecule has 3 heterocycles. The highest BCUT2D eigenvalue weighted by Crippen LogP contribution is 2.24. The number of aromatic nitrogens is 3. The summed E-state index contributed by atoms with van der Waals surface area (Å²) in [5.74, 6) is 1.11. The predicted molar refractivity (Wildman–Crippen MR) is 74.4 cm³/mol. The van der Waals surface area contributed by atoms with Crippen molar-refractivity contribution in [3.8, 4) is 0 Å². The van der Waals surface area contributed by atoms with E-state index in [9.17, 15) is 4.79 Å². The zero-order valence-corrected chi connectivity index (χ0v) is 11.7. The summed E-state index contributed by atoms with van der Waals surface area (Å²) < 4.78 is 1.78. The normalized spacial score (nSPS) is 23.9. The fourth-order valence-electron chi connectivity index (χ4n) is 2.29. The first kappa shape index (κ1) is 12.9.